The van der Waals surface area contributed by atoms with Gasteiger partial charge in [0.25, 0.3) is 5.96 Å². The van der Waals surface area contributed by atoms with E-state index in [4.69, 9.17) is 4.74 Å². The van der Waals surface area contributed by atoms with Crippen LogP contribution in [0, 0.1) is 10.1 Å². The fraction of sp³-hybridized carbons (Fsp3) is 0.750. The van der Waals surface area contributed by atoms with Crippen LogP contribution < -0.4 is 0 Å². The Morgan fingerprint density at radius 1 is 1.79 bits per heavy atom. The van der Waals surface area contributed by atoms with Crippen molar-refractivity contribution in [1.29, 1.82) is 0 Å². The van der Waals surface area contributed by atoms with E-state index in [-0.39, 0.29) is 26.0 Å². The number of guanidine groups is 1. The maximum Gasteiger partial charge on any atom is 0.277 e. The van der Waals surface area contributed by atoms with Gasteiger partial charge in [0.05, 0.1) is 12.8 Å². The molecule has 0 spiro atoms. The average Bonchev–Trinajstić information content (AvgIpc) is 2.63. The number of alkyl halides is 2. The third-order valence-corrected chi connectivity index (χ3v) is 3.35. The van der Waals surface area contributed by atoms with Gasteiger partial charge in [-0.15, -0.1) is 0 Å². The average molecular weight is 295 g/mol. The Morgan fingerprint density at radius 2 is 2.53 bits per heavy atom. The standard InChI is InChI=1S/C8H11F2N5O3S/c1-13-4-18-5-14(7(13)12-15(16)17)3-8(10)2-11-6(9)19-8/h2,6H,3-5H2,1H3. The molecule has 1 fully saturated rings. The van der Waals surface area contributed by atoms with Gasteiger partial charge in [-0.3, -0.25) is 0 Å². The monoisotopic (exact) mass is 295 g/mol. The molecule has 0 aliphatic carbocycles. The predicted octanol–water partition coefficient (Wildman–Crippen LogP) is 0.450. The molecule has 2 aliphatic rings. The lowest BCUT2D eigenvalue weighted by Gasteiger charge is -2.36. The van der Waals surface area contributed by atoms with E-state index in [1.54, 1.807) is 0 Å². The molecule has 0 aromatic rings. The number of hydrogen-bond acceptors (Lipinski definition) is 5. The van der Waals surface area contributed by atoms with E-state index in [0.717, 1.165) is 6.21 Å². The fourth-order valence-electron chi connectivity index (χ4n) is 1.70. The molecule has 0 radical (unpaired) electrons. The Labute approximate surface area is 111 Å². The zero-order valence-electron chi connectivity index (χ0n) is 9.90. The summed E-state index contributed by atoms with van der Waals surface area (Å²) < 4.78 is 32.2. The van der Waals surface area contributed by atoms with Gasteiger partial charge in [0, 0.05) is 7.05 Å². The summed E-state index contributed by atoms with van der Waals surface area (Å²) in [5.41, 5.74) is -1.66. The van der Waals surface area contributed by atoms with Crippen molar-refractivity contribution in [3.63, 3.8) is 0 Å². The number of rotatable bonds is 3. The van der Waals surface area contributed by atoms with Gasteiger partial charge in [-0.1, -0.05) is 11.8 Å². The summed E-state index contributed by atoms with van der Waals surface area (Å²) >= 11 is 0.387. The summed E-state index contributed by atoms with van der Waals surface area (Å²) in [5.74, 6) is -0.0374. The third-order valence-electron chi connectivity index (χ3n) is 2.41. The largest absolute Gasteiger partial charge is 0.341 e. The van der Waals surface area contributed by atoms with E-state index in [0.29, 0.717) is 11.8 Å². The van der Waals surface area contributed by atoms with Crippen LogP contribution >= 0.6 is 11.8 Å². The van der Waals surface area contributed by atoms with Crippen LogP contribution in [0.15, 0.2) is 10.1 Å². The molecule has 2 unspecified atom stereocenters. The van der Waals surface area contributed by atoms with E-state index in [2.05, 4.69) is 10.1 Å². The Bertz CT molecular complexity index is 437. The lowest BCUT2D eigenvalue weighted by molar-refractivity contribution is -0.486. The van der Waals surface area contributed by atoms with Crippen LogP contribution in [0.5, 0.6) is 0 Å². The molecule has 0 amide bonds. The Balaban J connectivity index is 2.13. The number of ether oxygens (including phenoxy) is 1. The summed E-state index contributed by atoms with van der Waals surface area (Å²) in [5, 5.41) is 10.7. The van der Waals surface area contributed by atoms with Gasteiger partial charge < -0.3 is 14.5 Å². The first-order chi connectivity index (χ1) is 8.89. The van der Waals surface area contributed by atoms with Crippen molar-refractivity contribution >= 4 is 23.9 Å². The number of thioether (sulfide) groups is 1. The van der Waals surface area contributed by atoms with Crippen LogP contribution in [0.3, 0.4) is 0 Å². The molecule has 2 atom stereocenters. The van der Waals surface area contributed by atoms with Crippen molar-refractivity contribution in [3.05, 3.63) is 10.1 Å². The Kier molecular flexibility index (Phi) is 3.85. The molecule has 8 nitrogen and oxygen atoms in total. The lowest BCUT2D eigenvalue weighted by Crippen LogP contribution is -2.53. The van der Waals surface area contributed by atoms with Crippen molar-refractivity contribution in [3.8, 4) is 0 Å². The van der Waals surface area contributed by atoms with Gasteiger partial charge in [-0.05, 0) is 0 Å². The number of hydrogen-bond donors (Lipinski definition) is 0. The summed E-state index contributed by atoms with van der Waals surface area (Å²) in [4.78, 5) is 16.4. The Morgan fingerprint density at radius 3 is 3.11 bits per heavy atom. The van der Waals surface area contributed by atoms with E-state index in [1.807, 2.05) is 0 Å². The molecule has 2 rings (SSSR count). The van der Waals surface area contributed by atoms with Crippen LogP contribution in [0.4, 0.5) is 8.78 Å². The van der Waals surface area contributed by atoms with Gasteiger partial charge >= 0.3 is 0 Å². The van der Waals surface area contributed by atoms with Crippen LogP contribution in [-0.2, 0) is 4.74 Å². The van der Waals surface area contributed by atoms with Crippen molar-refractivity contribution in [2.24, 2.45) is 10.1 Å². The van der Waals surface area contributed by atoms with Gasteiger partial charge in [-0.2, -0.15) is 0 Å². The molecule has 0 saturated carbocycles. The quantitative estimate of drug-likeness (QED) is 0.427. The Hall–Kier alpha value is -1.49. The summed E-state index contributed by atoms with van der Waals surface area (Å²) in [6.45, 7) is -0.290. The molecular formula is C8H11F2N5O3S. The van der Waals surface area contributed by atoms with Crippen LogP contribution in [0.1, 0.15) is 0 Å². The van der Waals surface area contributed by atoms with Crippen LogP contribution in [0.2, 0.25) is 0 Å². The van der Waals surface area contributed by atoms with Crippen molar-refractivity contribution in [2.45, 2.75) is 10.6 Å². The molecule has 106 valence electrons. The SMILES string of the molecule is CN1COCN(CC2(F)C=NC(F)S2)C1=N[N+](=O)[O-]. The van der Waals surface area contributed by atoms with Gasteiger partial charge in [0.1, 0.15) is 18.6 Å². The first-order valence-electron chi connectivity index (χ1n) is 5.21. The van der Waals surface area contributed by atoms with Crippen LogP contribution in [-0.4, -0.2) is 64.7 Å². The molecule has 19 heavy (non-hydrogen) atoms. The topological polar surface area (TPSA) is 83.6 Å². The van der Waals surface area contributed by atoms with Gasteiger partial charge in [0.15, 0.2) is 5.03 Å². The first-order valence-corrected chi connectivity index (χ1v) is 6.09. The van der Waals surface area contributed by atoms with Crippen molar-refractivity contribution < 1.29 is 18.6 Å². The highest BCUT2D eigenvalue weighted by Crippen LogP contribution is 2.37. The predicted molar refractivity (Wildman–Crippen MR) is 64.5 cm³/mol. The molecule has 0 N–H and O–H groups in total. The second-order valence-electron chi connectivity index (χ2n) is 3.97. The van der Waals surface area contributed by atoms with Gasteiger partial charge in [0.2, 0.25) is 10.6 Å². The second kappa shape index (κ2) is 5.25. The molecule has 2 aliphatic heterocycles. The highest BCUT2D eigenvalue weighted by molar-refractivity contribution is 8.01. The highest BCUT2D eigenvalue weighted by atomic mass is 32.2. The molecule has 0 aromatic heterocycles. The molecule has 2 heterocycles. The smallest absolute Gasteiger partial charge is 0.277 e. The minimum absolute atomic E-state index is 0.0374. The number of hydrazone groups is 1. The van der Waals surface area contributed by atoms with E-state index < -0.39 is 15.7 Å². The van der Waals surface area contributed by atoms with E-state index in [9.17, 15) is 18.9 Å². The highest BCUT2D eigenvalue weighted by Gasteiger charge is 2.41. The lowest BCUT2D eigenvalue weighted by atomic mass is 10.3. The third kappa shape index (κ3) is 3.29. The minimum Gasteiger partial charge on any atom is -0.341 e. The van der Waals surface area contributed by atoms with E-state index >= 15 is 0 Å². The number of aliphatic imine (C=N–C) groups is 1. The summed E-state index contributed by atoms with van der Waals surface area (Å²) in [6, 6.07) is 0. The molecule has 0 bridgehead atoms. The molecule has 1 saturated heterocycles. The maximum atomic E-state index is 14.2. The zero-order valence-corrected chi connectivity index (χ0v) is 10.7. The first kappa shape index (κ1) is 13.9. The summed E-state index contributed by atoms with van der Waals surface area (Å²) in [7, 11) is 1.52. The second-order valence-corrected chi connectivity index (χ2v) is 5.27. The normalized spacial score (nSPS) is 33.2. The maximum absolute atomic E-state index is 14.2. The summed E-state index contributed by atoms with van der Waals surface area (Å²) in [6.07, 6.45) is 0.862. The van der Waals surface area contributed by atoms with Gasteiger partial charge in [-0.25, -0.2) is 23.9 Å². The van der Waals surface area contributed by atoms with E-state index in [1.165, 1.54) is 16.8 Å². The number of halogens is 2. The molecular weight excluding hydrogens is 284 g/mol. The molecule has 0 aromatic carbocycles. The number of nitrogens with zero attached hydrogens (tertiary/aromatic N) is 5. The van der Waals surface area contributed by atoms with Crippen molar-refractivity contribution in [1.82, 2.24) is 9.80 Å². The zero-order chi connectivity index (χ0) is 14.0. The fourth-order valence-corrected chi connectivity index (χ4v) is 2.50. The van der Waals surface area contributed by atoms with Crippen molar-refractivity contribution in [2.75, 3.05) is 27.1 Å². The molecule has 11 heteroatoms. The minimum atomic E-state index is -2.06. The number of nitro groups is 1. The van der Waals surface area contributed by atoms with Crippen LogP contribution in [0.25, 0.3) is 0 Å².